The van der Waals surface area contributed by atoms with Gasteiger partial charge in [0, 0.05) is 51.0 Å². The highest BCUT2D eigenvalue weighted by Gasteiger charge is 2.30. The molecule has 0 radical (unpaired) electrons. The molecule has 7 nitrogen and oxygen atoms in total. The van der Waals surface area contributed by atoms with Crippen LogP contribution in [0.5, 0.6) is 0 Å². The molecule has 24 heavy (non-hydrogen) atoms. The zero-order valence-corrected chi connectivity index (χ0v) is 14.0. The summed E-state index contributed by atoms with van der Waals surface area (Å²) in [4.78, 5) is 31.7. The van der Waals surface area contributed by atoms with Crippen molar-refractivity contribution in [3.8, 4) is 0 Å². The van der Waals surface area contributed by atoms with Crippen molar-refractivity contribution in [1.29, 1.82) is 0 Å². The lowest BCUT2D eigenvalue weighted by atomic mass is 10.1. The molecule has 2 aromatic heterocycles. The number of likely N-dealkylation sites (N-methyl/N-ethyl adjacent to an activating group) is 1. The predicted molar refractivity (Wildman–Crippen MR) is 91.5 cm³/mol. The fourth-order valence-electron chi connectivity index (χ4n) is 2.95. The molecule has 2 aromatic rings. The molecule has 3 rings (SSSR count). The van der Waals surface area contributed by atoms with Gasteiger partial charge < -0.3 is 9.80 Å². The largest absolute Gasteiger partial charge is 0.337 e. The summed E-state index contributed by atoms with van der Waals surface area (Å²) in [6.45, 7) is 2.81. The van der Waals surface area contributed by atoms with Crippen LogP contribution in [0, 0.1) is 0 Å². The van der Waals surface area contributed by atoms with Gasteiger partial charge in [0.25, 0.3) is 0 Å². The molecule has 1 atom stereocenters. The Morgan fingerprint density at radius 3 is 2.38 bits per heavy atom. The maximum Gasteiger partial charge on any atom is 0.244 e. The molecule has 1 unspecified atom stereocenters. The normalized spacial score (nSPS) is 16.3. The second-order valence-corrected chi connectivity index (χ2v) is 6.01. The Morgan fingerprint density at radius 2 is 1.79 bits per heavy atom. The van der Waals surface area contributed by atoms with Crippen LogP contribution in [0.1, 0.15) is 11.6 Å². The third kappa shape index (κ3) is 3.51. The van der Waals surface area contributed by atoms with Crippen LogP contribution in [-0.4, -0.2) is 70.9 Å². The molecular weight excluding hydrogens is 304 g/mol. The Labute approximate surface area is 142 Å². The summed E-state index contributed by atoms with van der Waals surface area (Å²) in [5, 5.41) is 0. The number of hydrogen-bond donors (Lipinski definition) is 0. The van der Waals surface area contributed by atoms with E-state index in [0.717, 1.165) is 24.6 Å². The van der Waals surface area contributed by atoms with Crippen LogP contribution < -0.4 is 4.90 Å². The van der Waals surface area contributed by atoms with Crippen molar-refractivity contribution in [2.24, 2.45) is 0 Å². The highest BCUT2D eigenvalue weighted by molar-refractivity contribution is 5.83. The summed E-state index contributed by atoms with van der Waals surface area (Å²) in [7, 11) is 3.84. The summed E-state index contributed by atoms with van der Waals surface area (Å²) in [6, 6.07) is 5.31. The SMILES string of the molecule is CN(C)C(C(=O)N1CCN(c2ncccn2)CC1)c1cccnc1. The van der Waals surface area contributed by atoms with Crippen LogP contribution in [-0.2, 0) is 4.79 Å². The molecule has 1 aliphatic rings. The van der Waals surface area contributed by atoms with Gasteiger partial charge >= 0.3 is 0 Å². The first-order chi connectivity index (χ1) is 11.7. The highest BCUT2D eigenvalue weighted by atomic mass is 16.2. The number of carbonyl (C=O) groups is 1. The summed E-state index contributed by atoms with van der Waals surface area (Å²) < 4.78 is 0. The van der Waals surface area contributed by atoms with Crippen molar-refractivity contribution >= 4 is 11.9 Å². The first-order valence-electron chi connectivity index (χ1n) is 8.04. The number of aromatic nitrogens is 3. The van der Waals surface area contributed by atoms with Crippen LogP contribution in [0.15, 0.2) is 43.0 Å². The lowest BCUT2D eigenvalue weighted by molar-refractivity contribution is -0.136. The Morgan fingerprint density at radius 1 is 1.08 bits per heavy atom. The van der Waals surface area contributed by atoms with E-state index in [1.165, 1.54) is 0 Å². The Balaban J connectivity index is 1.67. The van der Waals surface area contributed by atoms with E-state index in [0.29, 0.717) is 13.1 Å². The van der Waals surface area contributed by atoms with Crippen LogP contribution in [0.25, 0.3) is 0 Å². The molecule has 0 aromatic carbocycles. The smallest absolute Gasteiger partial charge is 0.244 e. The van der Waals surface area contributed by atoms with E-state index >= 15 is 0 Å². The van der Waals surface area contributed by atoms with Gasteiger partial charge in [0.15, 0.2) is 0 Å². The van der Waals surface area contributed by atoms with E-state index in [9.17, 15) is 4.79 Å². The molecule has 126 valence electrons. The molecule has 1 saturated heterocycles. The maximum atomic E-state index is 13.0. The van der Waals surface area contributed by atoms with Gasteiger partial charge in [-0.1, -0.05) is 6.07 Å². The number of nitrogens with zero attached hydrogens (tertiary/aromatic N) is 6. The Bertz CT molecular complexity index is 655. The zero-order valence-electron chi connectivity index (χ0n) is 14.0. The summed E-state index contributed by atoms with van der Waals surface area (Å²) >= 11 is 0. The van der Waals surface area contributed by atoms with Gasteiger partial charge in [0.1, 0.15) is 6.04 Å². The van der Waals surface area contributed by atoms with Crippen LogP contribution in [0.4, 0.5) is 5.95 Å². The third-order valence-corrected chi connectivity index (χ3v) is 4.18. The summed E-state index contributed by atoms with van der Waals surface area (Å²) in [6.07, 6.45) is 6.96. The second kappa shape index (κ2) is 7.35. The predicted octanol–water partition coefficient (Wildman–Crippen LogP) is 0.823. The van der Waals surface area contributed by atoms with Gasteiger partial charge in [-0.25, -0.2) is 9.97 Å². The Hall–Kier alpha value is -2.54. The van der Waals surface area contributed by atoms with Gasteiger partial charge in [0.2, 0.25) is 11.9 Å². The monoisotopic (exact) mass is 326 g/mol. The molecule has 0 saturated carbocycles. The van der Waals surface area contributed by atoms with E-state index in [2.05, 4.69) is 19.9 Å². The third-order valence-electron chi connectivity index (χ3n) is 4.18. The average Bonchev–Trinajstić information content (AvgIpc) is 2.63. The number of amides is 1. The van der Waals surface area contributed by atoms with Gasteiger partial charge in [-0.2, -0.15) is 0 Å². The standard InChI is InChI=1S/C17H22N6O/c1-21(2)15(14-5-3-6-18-13-14)16(24)22-9-11-23(12-10-22)17-19-7-4-8-20-17/h3-8,13,15H,9-12H2,1-2H3. The van der Waals surface area contributed by atoms with E-state index in [1.807, 2.05) is 36.0 Å². The number of hydrogen-bond acceptors (Lipinski definition) is 6. The molecule has 0 aliphatic carbocycles. The molecular formula is C17H22N6O. The van der Waals surface area contributed by atoms with Crippen molar-refractivity contribution < 1.29 is 4.79 Å². The van der Waals surface area contributed by atoms with Crippen LogP contribution in [0.2, 0.25) is 0 Å². The van der Waals surface area contributed by atoms with Crippen molar-refractivity contribution in [2.45, 2.75) is 6.04 Å². The quantitative estimate of drug-likeness (QED) is 0.829. The lowest BCUT2D eigenvalue weighted by Gasteiger charge is -2.37. The van der Waals surface area contributed by atoms with Crippen molar-refractivity contribution in [1.82, 2.24) is 24.8 Å². The highest BCUT2D eigenvalue weighted by Crippen LogP contribution is 2.21. The van der Waals surface area contributed by atoms with E-state index in [1.54, 1.807) is 30.9 Å². The fraction of sp³-hybridized carbons (Fsp3) is 0.412. The van der Waals surface area contributed by atoms with Crippen molar-refractivity contribution in [2.75, 3.05) is 45.2 Å². The van der Waals surface area contributed by atoms with Gasteiger partial charge in [0.05, 0.1) is 0 Å². The first-order valence-corrected chi connectivity index (χ1v) is 8.04. The second-order valence-electron chi connectivity index (χ2n) is 6.01. The fourth-order valence-corrected chi connectivity index (χ4v) is 2.95. The minimum absolute atomic E-state index is 0.113. The minimum Gasteiger partial charge on any atom is -0.337 e. The number of rotatable bonds is 4. The molecule has 0 bridgehead atoms. The minimum atomic E-state index is -0.307. The lowest BCUT2D eigenvalue weighted by Crippen LogP contribution is -2.51. The number of carbonyl (C=O) groups excluding carboxylic acids is 1. The molecule has 1 fully saturated rings. The van der Waals surface area contributed by atoms with Gasteiger partial charge in [-0.05, 0) is 31.8 Å². The Kier molecular flexibility index (Phi) is 5.00. The van der Waals surface area contributed by atoms with Crippen LogP contribution in [0.3, 0.4) is 0 Å². The first kappa shape index (κ1) is 16.3. The summed E-state index contributed by atoms with van der Waals surface area (Å²) in [5.41, 5.74) is 0.918. The molecule has 0 N–H and O–H groups in total. The average molecular weight is 326 g/mol. The molecule has 1 aliphatic heterocycles. The topological polar surface area (TPSA) is 65.5 Å². The molecule has 7 heteroatoms. The van der Waals surface area contributed by atoms with Gasteiger partial charge in [-0.3, -0.25) is 14.7 Å². The van der Waals surface area contributed by atoms with E-state index < -0.39 is 0 Å². The number of anilines is 1. The molecule has 1 amide bonds. The molecule has 0 spiro atoms. The number of piperazine rings is 1. The van der Waals surface area contributed by atoms with Crippen molar-refractivity contribution in [3.05, 3.63) is 48.5 Å². The maximum absolute atomic E-state index is 13.0. The van der Waals surface area contributed by atoms with E-state index in [-0.39, 0.29) is 11.9 Å². The zero-order chi connectivity index (χ0) is 16.9. The summed E-state index contributed by atoms with van der Waals surface area (Å²) in [5.74, 6) is 0.836. The van der Waals surface area contributed by atoms with Gasteiger partial charge in [-0.15, -0.1) is 0 Å². The number of pyridine rings is 1. The van der Waals surface area contributed by atoms with Crippen molar-refractivity contribution in [3.63, 3.8) is 0 Å². The van der Waals surface area contributed by atoms with Crippen LogP contribution >= 0.6 is 0 Å². The molecule has 3 heterocycles. The van der Waals surface area contributed by atoms with E-state index in [4.69, 9.17) is 0 Å².